The van der Waals surface area contributed by atoms with Crippen LogP contribution in [0, 0.1) is 11.6 Å². The van der Waals surface area contributed by atoms with Gasteiger partial charge in [-0.25, -0.2) is 8.78 Å². The molecule has 1 saturated heterocycles. The highest BCUT2D eigenvalue weighted by molar-refractivity contribution is 5.82. The molecule has 0 saturated carbocycles. The molecule has 144 valence electrons. The van der Waals surface area contributed by atoms with E-state index < -0.39 is 11.6 Å². The quantitative estimate of drug-likeness (QED) is 0.775. The number of nitrogens with zero attached hydrogens (tertiary/aromatic N) is 2. The molecule has 1 aliphatic rings. The molecule has 1 aliphatic heterocycles. The van der Waals surface area contributed by atoms with Gasteiger partial charge in [-0.05, 0) is 62.3 Å². The van der Waals surface area contributed by atoms with Crippen molar-refractivity contribution in [3.63, 3.8) is 0 Å². The molecule has 0 aliphatic carbocycles. The van der Waals surface area contributed by atoms with Gasteiger partial charge in [0.05, 0.1) is 13.2 Å². The van der Waals surface area contributed by atoms with Crippen molar-refractivity contribution in [2.24, 2.45) is 0 Å². The molecule has 6 heteroatoms. The number of amides is 1. The number of hydrogen-bond acceptors (Lipinski definition) is 3. The van der Waals surface area contributed by atoms with E-state index in [1.165, 1.54) is 0 Å². The molecule has 3 rings (SSSR count). The first kappa shape index (κ1) is 19.3. The Labute approximate surface area is 158 Å². The maximum atomic E-state index is 14.2. The van der Waals surface area contributed by atoms with Crippen molar-refractivity contribution < 1.29 is 18.3 Å². The summed E-state index contributed by atoms with van der Waals surface area (Å²) in [5.74, 6) is -0.359. The van der Waals surface area contributed by atoms with Crippen LogP contribution in [-0.2, 0) is 17.9 Å². The van der Waals surface area contributed by atoms with Gasteiger partial charge in [0.25, 0.3) is 0 Å². The van der Waals surface area contributed by atoms with Crippen LogP contribution in [0.1, 0.15) is 24.0 Å². The fourth-order valence-corrected chi connectivity index (χ4v) is 3.47. The minimum atomic E-state index is -0.513. The normalized spacial score (nSPS) is 17.1. The van der Waals surface area contributed by atoms with Gasteiger partial charge in [0.2, 0.25) is 5.91 Å². The SMILES string of the molecule is COc1ccc(CN(Cc2cc(F)ccc2F)C(=O)[C@@H]2CCCN2C)cc1. The van der Waals surface area contributed by atoms with E-state index in [9.17, 15) is 13.6 Å². The molecule has 0 aromatic heterocycles. The van der Waals surface area contributed by atoms with Crippen molar-refractivity contribution in [1.29, 1.82) is 0 Å². The predicted octanol–water partition coefficient (Wildman–Crippen LogP) is 3.60. The summed E-state index contributed by atoms with van der Waals surface area (Å²) in [4.78, 5) is 16.7. The second-order valence-corrected chi connectivity index (χ2v) is 6.92. The van der Waals surface area contributed by atoms with Crippen molar-refractivity contribution >= 4 is 5.91 Å². The van der Waals surface area contributed by atoms with Crippen LogP contribution < -0.4 is 4.74 Å². The average Bonchev–Trinajstić information content (AvgIpc) is 3.10. The second-order valence-electron chi connectivity index (χ2n) is 6.92. The monoisotopic (exact) mass is 374 g/mol. The van der Waals surface area contributed by atoms with E-state index in [0.717, 1.165) is 48.9 Å². The highest BCUT2D eigenvalue weighted by Crippen LogP contribution is 2.22. The Balaban J connectivity index is 1.85. The zero-order chi connectivity index (χ0) is 19.4. The molecule has 2 aromatic carbocycles. The molecule has 1 amide bonds. The third kappa shape index (κ3) is 4.63. The van der Waals surface area contributed by atoms with E-state index in [0.29, 0.717) is 6.54 Å². The lowest BCUT2D eigenvalue weighted by Gasteiger charge is -2.29. The topological polar surface area (TPSA) is 32.8 Å². The Bertz CT molecular complexity index is 795. The molecule has 0 N–H and O–H groups in total. The molecule has 4 nitrogen and oxygen atoms in total. The maximum Gasteiger partial charge on any atom is 0.240 e. The number of likely N-dealkylation sites (tertiary alicyclic amines) is 1. The van der Waals surface area contributed by atoms with Gasteiger partial charge in [-0.3, -0.25) is 9.69 Å². The summed E-state index contributed by atoms with van der Waals surface area (Å²) in [6.07, 6.45) is 1.73. The average molecular weight is 374 g/mol. The van der Waals surface area contributed by atoms with Gasteiger partial charge in [-0.15, -0.1) is 0 Å². The van der Waals surface area contributed by atoms with Crippen molar-refractivity contribution in [2.75, 3.05) is 20.7 Å². The summed E-state index contributed by atoms with van der Waals surface area (Å²) in [7, 11) is 3.51. The minimum Gasteiger partial charge on any atom is -0.497 e. The number of carbonyl (C=O) groups excluding carboxylic acids is 1. The van der Waals surface area contributed by atoms with Gasteiger partial charge < -0.3 is 9.64 Å². The van der Waals surface area contributed by atoms with Gasteiger partial charge in [-0.2, -0.15) is 0 Å². The third-order valence-electron chi connectivity index (χ3n) is 5.02. The van der Waals surface area contributed by atoms with Crippen molar-refractivity contribution in [3.05, 3.63) is 65.2 Å². The van der Waals surface area contributed by atoms with Crippen LogP contribution in [0.5, 0.6) is 5.75 Å². The Morgan fingerprint density at radius 2 is 1.93 bits per heavy atom. The summed E-state index contributed by atoms with van der Waals surface area (Å²) in [6.45, 7) is 1.21. The van der Waals surface area contributed by atoms with Gasteiger partial charge in [0.15, 0.2) is 0 Å². The minimum absolute atomic E-state index is 0.0266. The highest BCUT2D eigenvalue weighted by atomic mass is 19.1. The first-order valence-corrected chi connectivity index (χ1v) is 9.04. The fraction of sp³-hybridized carbons (Fsp3) is 0.381. The van der Waals surface area contributed by atoms with E-state index in [4.69, 9.17) is 4.74 Å². The standard InChI is InChI=1S/C21H24F2N2O2/c1-24-11-3-4-20(24)21(26)25(13-15-5-8-18(27-2)9-6-15)14-16-12-17(22)7-10-19(16)23/h5-10,12,20H,3-4,11,13-14H2,1-2H3/t20-/m0/s1. The Hall–Kier alpha value is -2.47. The molecule has 2 aromatic rings. The lowest BCUT2D eigenvalue weighted by atomic mass is 10.1. The maximum absolute atomic E-state index is 14.2. The number of ether oxygens (including phenoxy) is 1. The molecular formula is C21H24F2N2O2. The lowest BCUT2D eigenvalue weighted by Crippen LogP contribution is -2.43. The van der Waals surface area contributed by atoms with Crippen LogP contribution in [0.3, 0.4) is 0 Å². The Morgan fingerprint density at radius 3 is 2.56 bits per heavy atom. The first-order chi connectivity index (χ1) is 13.0. The summed E-state index contributed by atoms with van der Waals surface area (Å²) in [6, 6.07) is 10.5. The lowest BCUT2D eigenvalue weighted by molar-refractivity contribution is -0.136. The number of methoxy groups -OCH3 is 1. The van der Waals surface area contributed by atoms with E-state index in [2.05, 4.69) is 0 Å². The second kappa shape index (κ2) is 8.48. The fourth-order valence-electron chi connectivity index (χ4n) is 3.47. The number of likely N-dealkylation sites (N-methyl/N-ethyl adjacent to an activating group) is 1. The van der Waals surface area contributed by atoms with E-state index >= 15 is 0 Å². The van der Waals surface area contributed by atoms with E-state index in [-0.39, 0.29) is 24.1 Å². The number of rotatable bonds is 6. The number of benzene rings is 2. The summed E-state index contributed by atoms with van der Waals surface area (Å²) >= 11 is 0. The van der Waals surface area contributed by atoms with E-state index in [1.807, 2.05) is 36.2 Å². The van der Waals surface area contributed by atoms with Crippen molar-refractivity contribution in [1.82, 2.24) is 9.80 Å². The zero-order valence-corrected chi connectivity index (χ0v) is 15.6. The van der Waals surface area contributed by atoms with Crippen LogP contribution in [0.4, 0.5) is 8.78 Å². The number of carbonyl (C=O) groups is 1. The van der Waals surface area contributed by atoms with Gasteiger partial charge in [-0.1, -0.05) is 12.1 Å². The van der Waals surface area contributed by atoms with Crippen LogP contribution >= 0.6 is 0 Å². The Kier molecular flexibility index (Phi) is 6.06. The Morgan fingerprint density at radius 1 is 1.19 bits per heavy atom. The summed E-state index contributed by atoms with van der Waals surface area (Å²) in [5, 5.41) is 0. The summed E-state index contributed by atoms with van der Waals surface area (Å²) < 4.78 is 32.9. The molecule has 27 heavy (non-hydrogen) atoms. The highest BCUT2D eigenvalue weighted by Gasteiger charge is 2.31. The van der Waals surface area contributed by atoms with Crippen LogP contribution in [-0.4, -0.2) is 42.5 Å². The van der Waals surface area contributed by atoms with Gasteiger partial charge in [0, 0.05) is 18.7 Å². The summed E-state index contributed by atoms with van der Waals surface area (Å²) in [5.41, 5.74) is 1.08. The largest absolute Gasteiger partial charge is 0.497 e. The van der Waals surface area contributed by atoms with Crippen LogP contribution in [0.2, 0.25) is 0 Å². The molecule has 1 fully saturated rings. The zero-order valence-electron chi connectivity index (χ0n) is 15.6. The van der Waals surface area contributed by atoms with Gasteiger partial charge in [0.1, 0.15) is 17.4 Å². The predicted molar refractivity (Wildman–Crippen MR) is 99.3 cm³/mol. The molecule has 1 atom stereocenters. The first-order valence-electron chi connectivity index (χ1n) is 9.04. The molecular weight excluding hydrogens is 350 g/mol. The smallest absolute Gasteiger partial charge is 0.240 e. The van der Waals surface area contributed by atoms with Crippen LogP contribution in [0.25, 0.3) is 0 Å². The van der Waals surface area contributed by atoms with Crippen molar-refractivity contribution in [3.8, 4) is 5.75 Å². The van der Waals surface area contributed by atoms with Crippen LogP contribution in [0.15, 0.2) is 42.5 Å². The van der Waals surface area contributed by atoms with E-state index in [1.54, 1.807) is 12.0 Å². The van der Waals surface area contributed by atoms with Gasteiger partial charge >= 0.3 is 0 Å². The molecule has 1 heterocycles. The molecule has 0 radical (unpaired) electrons. The molecule has 0 bridgehead atoms. The number of halogens is 2. The molecule has 0 unspecified atom stereocenters. The number of hydrogen-bond donors (Lipinski definition) is 0. The van der Waals surface area contributed by atoms with Crippen molar-refractivity contribution in [2.45, 2.75) is 32.0 Å². The third-order valence-corrected chi connectivity index (χ3v) is 5.02. The molecule has 0 spiro atoms.